The number of aryl methyl sites for hydroxylation is 1. The van der Waals surface area contributed by atoms with E-state index in [1.165, 1.54) is 0 Å². The average molecular weight is 258 g/mol. The fourth-order valence-electron chi connectivity index (χ4n) is 1.97. The van der Waals surface area contributed by atoms with Gasteiger partial charge in [-0.15, -0.1) is 0 Å². The fourth-order valence-corrected chi connectivity index (χ4v) is 1.97. The van der Waals surface area contributed by atoms with E-state index in [0.717, 1.165) is 22.4 Å². The molecule has 0 aliphatic rings. The van der Waals surface area contributed by atoms with E-state index in [4.69, 9.17) is 15.3 Å². The van der Waals surface area contributed by atoms with Crippen molar-refractivity contribution < 1.29 is 9.52 Å². The maximum absolute atomic E-state index is 9.00. The van der Waals surface area contributed by atoms with Crippen LogP contribution in [-0.2, 0) is 0 Å². The molecule has 1 aromatic carbocycles. The lowest BCUT2D eigenvalue weighted by Gasteiger charge is -2.03. The molecule has 0 fully saturated rings. The zero-order valence-corrected chi connectivity index (χ0v) is 10.4. The normalized spacial score (nSPS) is 13.0. The molecule has 3 aromatic rings. The summed E-state index contributed by atoms with van der Waals surface area (Å²) in [5.74, 6) is 1.20. The zero-order valence-electron chi connectivity index (χ0n) is 10.4. The predicted molar refractivity (Wildman–Crippen MR) is 70.3 cm³/mol. The standard InChI is InChI=1S/C13H14N4O2/c1-7-16-10-4-8(2-3-12(10)19-7)11-5-15-13(17-11)9(14)6-18/h2-5,9,18H,6,14H2,1H3,(H,15,17). The zero-order chi connectivity index (χ0) is 13.4. The Morgan fingerprint density at radius 2 is 2.32 bits per heavy atom. The number of nitrogens with one attached hydrogen (secondary N) is 1. The number of nitrogens with two attached hydrogens (primary N) is 1. The van der Waals surface area contributed by atoms with Gasteiger partial charge >= 0.3 is 0 Å². The van der Waals surface area contributed by atoms with Crippen molar-refractivity contribution in [1.82, 2.24) is 15.0 Å². The molecule has 0 spiro atoms. The number of aliphatic hydroxyl groups excluding tert-OH is 1. The summed E-state index contributed by atoms with van der Waals surface area (Å²) in [7, 11) is 0. The molecule has 1 unspecified atom stereocenters. The number of H-pyrrole nitrogens is 1. The summed E-state index contributed by atoms with van der Waals surface area (Å²) in [5.41, 5.74) is 9.05. The monoisotopic (exact) mass is 258 g/mol. The van der Waals surface area contributed by atoms with Gasteiger partial charge in [0, 0.05) is 12.5 Å². The molecular formula is C13H14N4O2. The SMILES string of the molecule is Cc1nc2cc(-c3cnc(C(N)CO)[nH]3)ccc2o1. The van der Waals surface area contributed by atoms with E-state index < -0.39 is 6.04 Å². The van der Waals surface area contributed by atoms with Gasteiger partial charge in [-0.05, 0) is 18.2 Å². The quantitative estimate of drug-likeness (QED) is 0.661. The molecule has 0 saturated carbocycles. The predicted octanol–water partition coefficient (Wildman–Crippen LogP) is 1.52. The van der Waals surface area contributed by atoms with E-state index >= 15 is 0 Å². The number of aliphatic hydroxyl groups is 1. The molecule has 2 aromatic heterocycles. The van der Waals surface area contributed by atoms with Crippen LogP contribution in [0.2, 0.25) is 0 Å². The number of hydrogen-bond acceptors (Lipinski definition) is 5. The Hall–Kier alpha value is -2.18. The number of benzene rings is 1. The van der Waals surface area contributed by atoms with Crippen LogP contribution in [0.3, 0.4) is 0 Å². The summed E-state index contributed by atoms with van der Waals surface area (Å²) in [4.78, 5) is 11.6. The fraction of sp³-hybridized carbons (Fsp3) is 0.231. The third-order valence-electron chi connectivity index (χ3n) is 2.95. The Balaban J connectivity index is 2.01. The van der Waals surface area contributed by atoms with Crippen molar-refractivity contribution in [2.45, 2.75) is 13.0 Å². The van der Waals surface area contributed by atoms with Gasteiger partial charge in [-0.1, -0.05) is 0 Å². The summed E-state index contributed by atoms with van der Waals surface area (Å²) >= 11 is 0. The largest absolute Gasteiger partial charge is 0.441 e. The first kappa shape index (κ1) is 11.9. The highest BCUT2D eigenvalue weighted by Gasteiger charge is 2.11. The maximum atomic E-state index is 9.00. The molecule has 6 heteroatoms. The number of fused-ring (bicyclic) bond motifs is 1. The second-order valence-electron chi connectivity index (χ2n) is 4.39. The highest BCUT2D eigenvalue weighted by molar-refractivity contribution is 5.79. The third-order valence-corrected chi connectivity index (χ3v) is 2.95. The average Bonchev–Trinajstić information content (AvgIpc) is 3.01. The highest BCUT2D eigenvalue weighted by atomic mass is 16.3. The van der Waals surface area contributed by atoms with Crippen LogP contribution in [0, 0.1) is 6.92 Å². The minimum atomic E-state index is -0.494. The molecule has 1 atom stereocenters. The number of aromatic amines is 1. The third kappa shape index (κ3) is 2.11. The second-order valence-corrected chi connectivity index (χ2v) is 4.39. The van der Waals surface area contributed by atoms with E-state index in [0.29, 0.717) is 11.7 Å². The summed E-state index contributed by atoms with van der Waals surface area (Å²) in [6.45, 7) is 1.67. The summed E-state index contributed by atoms with van der Waals surface area (Å²) in [6, 6.07) is 5.23. The smallest absolute Gasteiger partial charge is 0.192 e. The van der Waals surface area contributed by atoms with Gasteiger partial charge in [0.05, 0.1) is 24.5 Å². The first-order valence-electron chi connectivity index (χ1n) is 5.96. The Labute approximate surface area is 109 Å². The van der Waals surface area contributed by atoms with Gasteiger partial charge in [0.2, 0.25) is 0 Å². The van der Waals surface area contributed by atoms with Gasteiger partial charge < -0.3 is 20.2 Å². The summed E-state index contributed by atoms with van der Waals surface area (Å²) in [5, 5.41) is 9.00. The number of aromatic nitrogens is 3. The number of hydrogen-bond donors (Lipinski definition) is 3. The first-order chi connectivity index (χ1) is 9.17. The van der Waals surface area contributed by atoms with Crippen LogP contribution in [0.5, 0.6) is 0 Å². The molecule has 98 valence electrons. The van der Waals surface area contributed by atoms with Crippen molar-refractivity contribution in [3.8, 4) is 11.3 Å². The van der Waals surface area contributed by atoms with E-state index in [1.54, 1.807) is 6.20 Å². The molecule has 0 amide bonds. The Bertz CT molecular complexity index is 716. The lowest BCUT2D eigenvalue weighted by molar-refractivity contribution is 0.264. The minimum Gasteiger partial charge on any atom is -0.441 e. The first-order valence-corrected chi connectivity index (χ1v) is 5.96. The van der Waals surface area contributed by atoms with Crippen LogP contribution in [-0.4, -0.2) is 26.7 Å². The van der Waals surface area contributed by atoms with Gasteiger partial charge in [-0.25, -0.2) is 9.97 Å². The number of nitrogens with zero attached hydrogens (tertiary/aromatic N) is 2. The second kappa shape index (κ2) is 4.49. The Morgan fingerprint density at radius 1 is 1.47 bits per heavy atom. The minimum absolute atomic E-state index is 0.144. The molecular weight excluding hydrogens is 244 g/mol. The Kier molecular flexibility index (Phi) is 2.81. The molecule has 4 N–H and O–H groups in total. The van der Waals surface area contributed by atoms with Gasteiger partial charge in [-0.3, -0.25) is 0 Å². The van der Waals surface area contributed by atoms with Crippen LogP contribution in [0.4, 0.5) is 0 Å². The van der Waals surface area contributed by atoms with E-state index in [2.05, 4.69) is 15.0 Å². The molecule has 19 heavy (non-hydrogen) atoms. The van der Waals surface area contributed by atoms with Crippen molar-refractivity contribution >= 4 is 11.1 Å². The van der Waals surface area contributed by atoms with Gasteiger partial charge in [0.25, 0.3) is 0 Å². The molecule has 0 saturated heterocycles. The molecule has 0 aliphatic heterocycles. The van der Waals surface area contributed by atoms with Crippen LogP contribution in [0.25, 0.3) is 22.4 Å². The van der Waals surface area contributed by atoms with E-state index in [9.17, 15) is 0 Å². The van der Waals surface area contributed by atoms with Crippen molar-refractivity contribution in [3.63, 3.8) is 0 Å². The molecule has 0 bridgehead atoms. The van der Waals surface area contributed by atoms with Crippen molar-refractivity contribution in [2.24, 2.45) is 5.73 Å². The van der Waals surface area contributed by atoms with E-state index in [-0.39, 0.29) is 6.61 Å². The van der Waals surface area contributed by atoms with Crippen LogP contribution >= 0.6 is 0 Å². The molecule has 0 radical (unpaired) electrons. The number of oxazole rings is 1. The van der Waals surface area contributed by atoms with Crippen molar-refractivity contribution in [3.05, 3.63) is 36.1 Å². The van der Waals surface area contributed by atoms with Crippen LogP contribution < -0.4 is 5.73 Å². The molecule has 2 heterocycles. The molecule has 3 rings (SSSR count). The van der Waals surface area contributed by atoms with Crippen LogP contribution in [0.15, 0.2) is 28.8 Å². The maximum Gasteiger partial charge on any atom is 0.192 e. The van der Waals surface area contributed by atoms with Gasteiger partial charge in [-0.2, -0.15) is 0 Å². The van der Waals surface area contributed by atoms with Gasteiger partial charge in [0.15, 0.2) is 11.5 Å². The molecule has 0 aliphatic carbocycles. The van der Waals surface area contributed by atoms with Crippen molar-refractivity contribution in [1.29, 1.82) is 0 Å². The molecule has 6 nitrogen and oxygen atoms in total. The summed E-state index contributed by atoms with van der Waals surface area (Å²) in [6.07, 6.45) is 1.69. The van der Waals surface area contributed by atoms with Crippen LogP contribution in [0.1, 0.15) is 17.8 Å². The summed E-state index contributed by atoms with van der Waals surface area (Å²) < 4.78 is 5.43. The highest BCUT2D eigenvalue weighted by Crippen LogP contribution is 2.24. The van der Waals surface area contributed by atoms with Gasteiger partial charge in [0.1, 0.15) is 11.3 Å². The topological polar surface area (TPSA) is 101 Å². The lowest BCUT2D eigenvalue weighted by atomic mass is 10.1. The number of rotatable bonds is 3. The number of imidazole rings is 1. The Morgan fingerprint density at radius 3 is 3.11 bits per heavy atom. The lowest BCUT2D eigenvalue weighted by Crippen LogP contribution is -2.15. The van der Waals surface area contributed by atoms with E-state index in [1.807, 2.05) is 25.1 Å². The van der Waals surface area contributed by atoms with Crippen molar-refractivity contribution in [2.75, 3.05) is 6.61 Å².